The van der Waals surface area contributed by atoms with Crippen LogP contribution in [-0.4, -0.2) is 11.1 Å². The summed E-state index contributed by atoms with van der Waals surface area (Å²) in [5.41, 5.74) is 2.60. The van der Waals surface area contributed by atoms with Crippen LogP contribution >= 0.6 is 0 Å². The van der Waals surface area contributed by atoms with Crippen LogP contribution in [0.4, 0.5) is 0 Å². The van der Waals surface area contributed by atoms with Gasteiger partial charge in [0.1, 0.15) is 5.75 Å². The van der Waals surface area contributed by atoms with E-state index in [0.717, 1.165) is 5.75 Å². The standard InChI is InChI=1S/C12H17NO/c1-7(2)14-10-5-11-8(3)9(4)12(11)13-6-10/h5-9H,1-4H3. The van der Waals surface area contributed by atoms with E-state index in [1.54, 1.807) is 0 Å². The van der Waals surface area contributed by atoms with Crippen molar-refractivity contribution in [3.8, 4) is 5.75 Å². The molecule has 0 amide bonds. The van der Waals surface area contributed by atoms with Gasteiger partial charge in [0, 0.05) is 11.6 Å². The van der Waals surface area contributed by atoms with Gasteiger partial charge in [-0.15, -0.1) is 0 Å². The number of nitrogens with zero attached hydrogens (tertiary/aromatic N) is 1. The maximum absolute atomic E-state index is 5.60. The molecule has 1 aromatic rings. The minimum absolute atomic E-state index is 0.225. The molecule has 2 nitrogen and oxygen atoms in total. The van der Waals surface area contributed by atoms with E-state index in [1.807, 2.05) is 20.0 Å². The average molecular weight is 191 g/mol. The van der Waals surface area contributed by atoms with Gasteiger partial charge >= 0.3 is 0 Å². The summed E-state index contributed by atoms with van der Waals surface area (Å²) >= 11 is 0. The summed E-state index contributed by atoms with van der Waals surface area (Å²) in [7, 11) is 0. The lowest BCUT2D eigenvalue weighted by Crippen LogP contribution is -2.21. The SMILES string of the molecule is CC(C)Oc1cnc2c(c1)C(C)C2C. The molecule has 2 unspecified atom stereocenters. The molecule has 2 rings (SSSR count). The van der Waals surface area contributed by atoms with Crippen molar-refractivity contribution >= 4 is 0 Å². The molecule has 0 aliphatic heterocycles. The van der Waals surface area contributed by atoms with Gasteiger partial charge in [0.2, 0.25) is 0 Å². The van der Waals surface area contributed by atoms with Crippen LogP contribution in [-0.2, 0) is 0 Å². The predicted octanol–water partition coefficient (Wildman–Crippen LogP) is 3.09. The lowest BCUT2D eigenvalue weighted by molar-refractivity contribution is 0.240. The lowest BCUT2D eigenvalue weighted by Gasteiger charge is -2.33. The number of fused-ring (bicyclic) bond motifs is 1. The molecule has 76 valence electrons. The van der Waals surface area contributed by atoms with E-state index in [0.29, 0.717) is 11.8 Å². The van der Waals surface area contributed by atoms with Crippen LogP contribution < -0.4 is 4.74 Å². The Morgan fingerprint density at radius 3 is 2.64 bits per heavy atom. The van der Waals surface area contributed by atoms with Crippen LogP contribution in [0.1, 0.15) is 50.8 Å². The Kier molecular flexibility index (Phi) is 2.22. The highest BCUT2D eigenvalue weighted by atomic mass is 16.5. The molecule has 1 aliphatic carbocycles. The quantitative estimate of drug-likeness (QED) is 0.716. The second-order valence-electron chi connectivity index (χ2n) is 4.39. The Bertz CT molecular complexity index is 346. The molecule has 2 heteroatoms. The molecule has 0 saturated carbocycles. The van der Waals surface area contributed by atoms with Crippen molar-refractivity contribution in [3.63, 3.8) is 0 Å². The predicted molar refractivity (Wildman–Crippen MR) is 56.8 cm³/mol. The van der Waals surface area contributed by atoms with Gasteiger partial charge in [0.15, 0.2) is 0 Å². The Hall–Kier alpha value is -1.05. The third-order valence-electron chi connectivity index (χ3n) is 2.97. The first kappa shape index (κ1) is 9.50. The Labute approximate surface area is 85.3 Å². The molecule has 1 aliphatic rings. The van der Waals surface area contributed by atoms with Crippen LogP contribution in [0.2, 0.25) is 0 Å². The van der Waals surface area contributed by atoms with Gasteiger partial charge in [-0.2, -0.15) is 0 Å². The van der Waals surface area contributed by atoms with Crippen LogP contribution in [0.15, 0.2) is 12.3 Å². The second kappa shape index (κ2) is 3.26. The maximum atomic E-state index is 5.60. The van der Waals surface area contributed by atoms with Crippen molar-refractivity contribution < 1.29 is 4.74 Å². The number of hydrogen-bond donors (Lipinski definition) is 0. The zero-order valence-corrected chi connectivity index (χ0v) is 9.24. The monoisotopic (exact) mass is 191 g/mol. The molecular formula is C12H17NO. The summed E-state index contributed by atoms with van der Waals surface area (Å²) in [4.78, 5) is 4.42. The molecule has 0 bridgehead atoms. The first-order valence-corrected chi connectivity index (χ1v) is 5.26. The second-order valence-corrected chi connectivity index (χ2v) is 4.39. The summed E-state index contributed by atoms with van der Waals surface area (Å²) in [6.07, 6.45) is 2.06. The van der Waals surface area contributed by atoms with Gasteiger partial charge in [-0.05, 0) is 31.4 Å². The third-order valence-corrected chi connectivity index (χ3v) is 2.97. The van der Waals surface area contributed by atoms with E-state index in [9.17, 15) is 0 Å². The summed E-state index contributed by atoms with van der Waals surface area (Å²) < 4.78 is 5.60. The van der Waals surface area contributed by atoms with Gasteiger partial charge in [-0.3, -0.25) is 4.98 Å². The zero-order chi connectivity index (χ0) is 10.3. The minimum Gasteiger partial charge on any atom is -0.489 e. The Morgan fingerprint density at radius 2 is 2.00 bits per heavy atom. The van der Waals surface area contributed by atoms with Crippen molar-refractivity contribution in [1.82, 2.24) is 4.98 Å². The minimum atomic E-state index is 0.225. The normalized spacial score (nSPS) is 24.4. The van der Waals surface area contributed by atoms with E-state index in [4.69, 9.17) is 4.74 Å². The highest BCUT2D eigenvalue weighted by Gasteiger charge is 2.32. The molecule has 0 radical (unpaired) electrons. The van der Waals surface area contributed by atoms with Crippen molar-refractivity contribution in [1.29, 1.82) is 0 Å². The van der Waals surface area contributed by atoms with E-state index in [2.05, 4.69) is 24.9 Å². The third kappa shape index (κ3) is 1.39. The molecule has 1 aromatic heterocycles. The lowest BCUT2D eigenvalue weighted by atomic mass is 9.73. The topological polar surface area (TPSA) is 22.1 Å². The van der Waals surface area contributed by atoms with Crippen molar-refractivity contribution in [2.75, 3.05) is 0 Å². The van der Waals surface area contributed by atoms with Crippen LogP contribution in [0.5, 0.6) is 5.75 Å². The molecule has 0 aromatic carbocycles. The molecule has 2 atom stereocenters. The molecule has 0 fully saturated rings. The highest BCUT2D eigenvalue weighted by molar-refractivity contribution is 5.42. The number of aromatic nitrogens is 1. The molecule has 0 saturated heterocycles. The van der Waals surface area contributed by atoms with Crippen molar-refractivity contribution in [2.24, 2.45) is 0 Å². The largest absolute Gasteiger partial charge is 0.489 e. The number of pyridine rings is 1. The van der Waals surface area contributed by atoms with E-state index < -0.39 is 0 Å². The van der Waals surface area contributed by atoms with Crippen LogP contribution in [0.25, 0.3) is 0 Å². The van der Waals surface area contributed by atoms with Crippen LogP contribution in [0, 0.1) is 0 Å². The van der Waals surface area contributed by atoms with Gasteiger partial charge in [-0.25, -0.2) is 0 Å². The summed E-state index contributed by atoms with van der Waals surface area (Å²) in [6, 6.07) is 2.13. The fraction of sp³-hybridized carbons (Fsp3) is 0.583. The Morgan fingerprint density at radius 1 is 1.29 bits per heavy atom. The summed E-state index contributed by atoms with van der Waals surface area (Å²) in [5.74, 6) is 2.14. The van der Waals surface area contributed by atoms with Crippen molar-refractivity contribution in [3.05, 3.63) is 23.5 Å². The highest BCUT2D eigenvalue weighted by Crippen LogP contribution is 2.45. The van der Waals surface area contributed by atoms with Gasteiger partial charge in [0.05, 0.1) is 12.3 Å². The number of hydrogen-bond acceptors (Lipinski definition) is 2. The fourth-order valence-corrected chi connectivity index (χ4v) is 1.96. The first-order valence-electron chi connectivity index (χ1n) is 5.26. The van der Waals surface area contributed by atoms with E-state index in [1.165, 1.54) is 11.3 Å². The number of rotatable bonds is 2. The maximum Gasteiger partial charge on any atom is 0.138 e. The van der Waals surface area contributed by atoms with Crippen molar-refractivity contribution in [2.45, 2.75) is 45.6 Å². The van der Waals surface area contributed by atoms with Gasteiger partial charge < -0.3 is 4.74 Å². The Balaban J connectivity index is 2.24. The van der Waals surface area contributed by atoms with Gasteiger partial charge in [-0.1, -0.05) is 13.8 Å². The molecular weight excluding hydrogens is 174 g/mol. The average Bonchev–Trinajstić information content (AvgIpc) is 2.16. The first-order chi connectivity index (χ1) is 6.59. The fourth-order valence-electron chi connectivity index (χ4n) is 1.96. The van der Waals surface area contributed by atoms with E-state index in [-0.39, 0.29) is 6.10 Å². The van der Waals surface area contributed by atoms with Gasteiger partial charge in [0.25, 0.3) is 0 Å². The molecule has 14 heavy (non-hydrogen) atoms. The van der Waals surface area contributed by atoms with E-state index >= 15 is 0 Å². The smallest absolute Gasteiger partial charge is 0.138 e. The van der Waals surface area contributed by atoms with Crippen LogP contribution in [0.3, 0.4) is 0 Å². The summed E-state index contributed by atoms with van der Waals surface area (Å²) in [6.45, 7) is 8.54. The summed E-state index contributed by atoms with van der Waals surface area (Å²) in [5, 5.41) is 0. The molecule has 0 N–H and O–H groups in total. The zero-order valence-electron chi connectivity index (χ0n) is 9.24. The molecule has 1 heterocycles. The molecule has 0 spiro atoms. The number of ether oxygens (including phenoxy) is 1.